The summed E-state index contributed by atoms with van der Waals surface area (Å²) < 4.78 is 0. The third-order valence-electron chi connectivity index (χ3n) is 3.63. The van der Waals surface area contributed by atoms with Crippen LogP contribution in [0, 0.1) is 6.92 Å². The van der Waals surface area contributed by atoms with Gasteiger partial charge in [0.2, 0.25) is 0 Å². The monoisotopic (exact) mass is 279 g/mol. The van der Waals surface area contributed by atoms with E-state index in [-0.39, 0.29) is 0 Å². The van der Waals surface area contributed by atoms with E-state index < -0.39 is 0 Å². The van der Waals surface area contributed by atoms with Crippen molar-refractivity contribution in [2.45, 2.75) is 20.3 Å². The highest BCUT2D eigenvalue weighted by Gasteiger charge is 2.12. The zero-order chi connectivity index (χ0) is 14.8. The fourth-order valence-electron chi connectivity index (χ4n) is 2.46. The van der Waals surface area contributed by atoms with Crippen molar-refractivity contribution >= 4 is 16.6 Å². The molecule has 0 radical (unpaired) electrons. The molecule has 0 unspecified atom stereocenters. The Labute approximate surface area is 123 Å². The first-order valence-corrected chi connectivity index (χ1v) is 6.91. The molecular weight excluding hydrogens is 262 g/mol. The first kappa shape index (κ1) is 13.5. The van der Waals surface area contributed by atoms with Crippen LogP contribution < -0.4 is 11.3 Å². The number of anilines is 1. The summed E-state index contributed by atoms with van der Waals surface area (Å²) in [6.45, 7) is 4.04. The molecular formula is C16H17N5. The molecule has 0 saturated heterocycles. The van der Waals surface area contributed by atoms with E-state index in [1.807, 2.05) is 31.3 Å². The second-order valence-corrected chi connectivity index (χ2v) is 4.87. The Morgan fingerprint density at radius 3 is 2.71 bits per heavy atom. The van der Waals surface area contributed by atoms with E-state index in [0.717, 1.165) is 34.0 Å². The molecule has 5 heteroatoms. The van der Waals surface area contributed by atoms with Crippen LogP contribution in [0.4, 0.5) is 5.82 Å². The summed E-state index contributed by atoms with van der Waals surface area (Å²) in [6.07, 6.45) is 4.47. The van der Waals surface area contributed by atoms with E-state index in [4.69, 9.17) is 5.84 Å². The van der Waals surface area contributed by atoms with Gasteiger partial charge in [0.25, 0.3) is 0 Å². The number of fused-ring (bicyclic) bond motifs is 1. The van der Waals surface area contributed by atoms with Gasteiger partial charge in [-0.15, -0.1) is 0 Å². The molecule has 0 atom stereocenters. The minimum atomic E-state index is 0.648. The first-order valence-electron chi connectivity index (χ1n) is 6.91. The van der Waals surface area contributed by atoms with Gasteiger partial charge in [-0.2, -0.15) is 0 Å². The zero-order valence-electron chi connectivity index (χ0n) is 12.1. The molecule has 0 saturated carbocycles. The Morgan fingerprint density at radius 1 is 1.14 bits per heavy atom. The lowest BCUT2D eigenvalue weighted by atomic mass is 10.1. The number of nitrogens with two attached hydrogens (primary N) is 1. The van der Waals surface area contributed by atoms with E-state index >= 15 is 0 Å². The quantitative estimate of drug-likeness (QED) is 0.569. The Bertz CT molecular complexity index is 767. The summed E-state index contributed by atoms with van der Waals surface area (Å²) in [5, 5.41) is 2.15. The van der Waals surface area contributed by atoms with Crippen molar-refractivity contribution in [2.24, 2.45) is 5.84 Å². The van der Waals surface area contributed by atoms with Gasteiger partial charge in [-0.05, 0) is 18.7 Å². The number of nitrogen functional groups attached to an aromatic ring is 1. The number of nitrogens with zero attached hydrogens (tertiary/aromatic N) is 3. The lowest BCUT2D eigenvalue weighted by molar-refractivity contribution is 0.973. The van der Waals surface area contributed by atoms with Crippen LogP contribution >= 0.6 is 0 Å². The average Bonchev–Trinajstić information content (AvgIpc) is 2.54. The largest absolute Gasteiger partial charge is 0.308 e. The normalized spacial score (nSPS) is 10.8. The standard InChI is InChI=1S/C16H17N5/c1-3-14-10(2)15(21-17)20-16(19-14)13-9-18-8-11-6-4-5-7-12(11)13/h4-9H,3,17H2,1-2H3,(H,19,20,21). The Morgan fingerprint density at radius 2 is 1.95 bits per heavy atom. The maximum atomic E-state index is 5.58. The number of hydrogen-bond acceptors (Lipinski definition) is 5. The highest BCUT2D eigenvalue weighted by atomic mass is 15.3. The van der Waals surface area contributed by atoms with Crippen molar-refractivity contribution in [1.82, 2.24) is 15.0 Å². The minimum absolute atomic E-state index is 0.648. The fourth-order valence-corrected chi connectivity index (χ4v) is 2.46. The van der Waals surface area contributed by atoms with Gasteiger partial charge in [0, 0.05) is 34.6 Å². The molecule has 0 bridgehead atoms. The molecule has 5 nitrogen and oxygen atoms in total. The Hall–Kier alpha value is -2.53. The van der Waals surface area contributed by atoms with E-state index in [2.05, 4.69) is 33.4 Å². The number of benzene rings is 1. The van der Waals surface area contributed by atoms with E-state index in [1.165, 1.54) is 0 Å². The van der Waals surface area contributed by atoms with E-state index in [0.29, 0.717) is 11.6 Å². The summed E-state index contributed by atoms with van der Waals surface area (Å²) >= 11 is 0. The van der Waals surface area contributed by atoms with Gasteiger partial charge in [-0.25, -0.2) is 15.8 Å². The summed E-state index contributed by atoms with van der Waals surface area (Å²) in [5.74, 6) is 6.88. The third kappa shape index (κ3) is 2.32. The van der Waals surface area contributed by atoms with E-state index in [9.17, 15) is 0 Å². The smallest absolute Gasteiger partial charge is 0.164 e. The van der Waals surface area contributed by atoms with Gasteiger partial charge in [-0.3, -0.25) is 4.98 Å². The lowest BCUT2D eigenvalue weighted by Gasteiger charge is -2.12. The predicted molar refractivity (Wildman–Crippen MR) is 84.7 cm³/mol. The number of pyridine rings is 1. The van der Waals surface area contributed by atoms with Crippen molar-refractivity contribution in [2.75, 3.05) is 5.43 Å². The minimum Gasteiger partial charge on any atom is -0.308 e. The molecule has 1 aromatic carbocycles. The SMILES string of the molecule is CCc1nc(-c2cncc3ccccc23)nc(NN)c1C. The Kier molecular flexibility index (Phi) is 3.50. The number of hydrogen-bond donors (Lipinski definition) is 2. The number of nitrogens with one attached hydrogen (secondary N) is 1. The molecule has 3 N–H and O–H groups in total. The van der Waals surface area contributed by atoms with Crippen molar-refractivity contribution in [3.05, 3.63) is 47.9 Å². The fraction of sp³-hybridized carbons (Fsp3) is 0.188. The summed E-state index contributed by atoms with van der Waals surface area (Å²) in [6, 6.07) is 8.08. The van der Waals surface area contributed by atoms with Gasteiger partial charge in [0.15, 0.2) is 5.82 Å². The van der Waals surface area contributed by atoms with Crippen LogP contribution in [-0.2, 0) is 6.42 Å². The molecule has 3 rings (SSSR count). The molecule has 0 spiro atoms. The van der Waals surface area contributed by atoms with Gasteiger partial charge in [0.1, 0.15) is 5.82 Å². The lowest BCUT2D eigenvalue weighted by Crippen LogP contribution is -2.13. The molecule has 0 aliphatic carbocycles. The Balaban J connectivity index is 2.28. The molecule has 21 heavy (non-hydrogen) atoms. The molecule has 106 valence electrons. The summed E-state index contributed by atoms with van der Waals surface area (Å²) in [5.41, 5.74) is 5.54. The van der Waals surface area contributed by atoms with Gasteiger partial charge >= 0.3 is 0 Å². The van der Waals surface area contributed by atoms with Crippen molar-refractivity contribution in [3.63, 3.8) is 0 Å². The van der Waals surface area contributed by atoms with Crippen molar-refractivity contribution in [1.29, 1.82) is 0 Å². The van der Waals surface area contributed by atoms with Crippen LogP contribution in [0.5, 0.6) is 0 Å². The number of rotatable bonds is 3. The van der Waals surface area contributed by atoms with Gasteiger partial charge in [0.05, 0.1) is 0 Å². The second-order valence-electron chi connectivity index (χ2n) is 4.87. The second kappa shape index (κ2) is 5.46. The molecule has 0 aliphatic rings. The molecule has 2 heterocycles. The van der Waals surface area contributed by atoms with Gasteiger partial charge < -0.3 is 5.43 Å². The highest BCUT2D eigenvalue weighted by molar-refractivity contribution is 5.94. The van der Waals surface area contributed by atoms with Crippen molar-refractivity contribution < 1.29 is 0 Å². The van der Waals surface area contributed by atoms with Crippen LogP contribution in [0.2, 0.25) is 0 Å². The van der Waals surface area contributed by atoms with Crippen molar-refractivity contribution in [3.8, 4) is 11.4 Å². The summed E-state index contributed by atoms with van der Waals surface area (Å²) in [7, 11) is 0. The number of aromatic nitrogens is 3. The highest BCUT2D eigenvalue weighted by Crippen LogP contribution is 2.27. The molecule has 3 aromatic rings. The van der Waals surface area contributed by atoms with Crippen LogP contribution in [0.1, 0.15) is 18.2 Å². The molecule has 0 fully saturated rings. The topological polar surface area (TPSA) is 76.7 Å². The maximum absolute atomic E-state index is 5.58. The molecule has 0 aliphatic heterocycles. The summed E-state index contributed by atoms with van der Waals surface area (Å²) in [4.78, 5) is 13.5. The molecule has 2 aromatic heterocycles. The average molecular weight is 279 g/mol. The van der Waals surface area contributed by atoms with Crippen LogP contribution in [0.3, 0.4) is 0 Å². The predicted octanol–water partition coefficient (Wildman–Crippen LogP) is 2.85. The third-order valence-corrected chi connectivity index (χ3v) is 3.63. The number of aryl methyl sites for hydroxylation is 1. The van der Waals surface area contributed by atoms with Crippen LogP contribution in [0.15, 0.2) is 36.7 Å². The zero-order valence-corrected chi connectivity index (χ0v) is 12.1. The maximum Gasteiger partial charge on any atom is 0.164 e. The van der Waals surface area contributed by atoms with Crippen LogP contribution in [-0.4, -0.2) is 15.0 Å². The first-order chi connectivity index (χ1) is 10.2. The number of hydrazine groups is 1. The van der Waals surface area contributed by atoms with Crippen LogP contribution in [0.25, 0.3) is 22.2 Å². The molecule has 0 amide bonds. The van der Waals surface area contributed by atoms with Gasteiger partial charge in [-0.1, -0.05) is 31.2 Å². The van der Waals surface area contributed by atoms with E-state index in [1.54, 1.807) is 6.20 Å².